The van der Waals surface area contributed by atoms with Gasteiger partial charge in [-0.05, 0) is 19.1 Å². The van der Waals surface area contributed by atoms with Crippen LogP contribution in [0.3, 0.4) is 0 Å². The van der Waals surface area contributed by atoms with Gasteiger partial charge in [-0.15, -0.1) is 0 Å². The second kappa shape index (κ2) is 7.23. The number of nitrogens with zero attached hydrogens (tertiary/aromatic N) is 4. The standard InChI is InChI=1S/C15H16FN5O5/c1-7-17-4-2-8(18-7)13(24)19-10-3-5-21(15(25)20-10)14-11(16)12(23)9(6-22)26-14/h2-5,9,11-12,14,22-23H,6H2,1H3,(H,19,20,24,25)/t9-,11-,12-,14+/m1/s1. The molecule has 1 aliphatic rings. The van der Waals surface area contributed by atoms with Crippen molar-refractivity contribution in [3.8, 4) is 0 Å². The Morgan fingerprint density at radius 3 is 2.81 bits per heavy atom. The largest absolute Gasteiger partial charge is 0.394 e. The number of aliphatic hydroxyl groups is 2. The molecule has 3 rings (SSSR count). The van der Waals surface area contributed by atoms with E-state index in [-0.39, 0.29) is 11.5 Å². The van der Waals surface area contributed by atoms with E-state index in [9.17, 15) is 19.1 Å². The van der Waals surface area contributed by atoms with E-state index >= 15 is 0 Å². The molecular formula is C15H16FN5O5. The lowest BCUT2D eigenvalue weighted by molar-refractivity contribution is -0.0490. The Labute approximate surface area is 146 Å². The summed E-state index contributed by atoms with van der Waals surface area (Å²) in [6.45, 7) is 1.03. The number of amides is 1. The minimum atomic E-state index is -1.91. The highest BCUT2D eigenvalue weighted by Crippen LogP contribution is 2.30. The molecule has 1 saturated heterocycles. The van der Waals surface area contributed by atoms with Crippen LogP contribution >= 0.6 is 0 Å². The van der Waals surface area contributed by atoms with E-state index in [1.54, 1.807) is 6.92 Å². The molecule has 3 N–H and O–H groups in total. The van der Waals surface area contributed by atoms with Crippen LogP contribution in [0.4, 0.5) is 10.2 Å². The predicted molar refractivity (Wildman–Crippen MR) is 85.1 cm³/mol. The van der Waals surface area contributed by atoms with E-state index in [0.717, 1.165) is 4.57 Å². The summed E-state index contributed by atoms with van der Waals surface area (Å²) in [4.78, 5) is 35.7. The molecule has 1 aliphatic heterocycles. The molecule has 0 spiro atoms. The van der Waals surface area contributed by atoms with Crippen LogP contribution in [0.1, 0.15) is 22.5 Å². The van der Waals surface area contributed by atoms with Crippen LogP contribution < -0.4 is 11.0 Å². The van der Waals surface area contributed by atoms with Crippen molar-refractivity contribution in [1.82, 2.24) is 19.5 Å². The number of rotatable bonds is 4. The molecule has 0 unspecified atom stereocenters. The Hall–Kier alpha value is -2.76. The van der Waals surface area contributed by atoms with Crippen LogP contribution in [0.5, 0.6) is 0 Å². The molecule has 1 fully saturated rings. The Morgan fingerprint density at radius 2 is 2.19 bits per heavy atom. The molecule has 0 bridgehead atoms. The molecule has 2 aromatic rings. The molecule has 0 saturated carbocycles. The summed E-state index contributed by atoms with van der Waals surface area (Å²) < 4.78 is 20.1. The molecule has 26 heavy (non-hydrogen) atoms. The molecule has 0 aliphatic carbocycles. The van der Waals surface area contributed by atoms with Crippen LogP contribution in [-0.4, -0.2) is 60.6 Å². The lowest BCUT2D eigenvalue weighted by Gasteiger charge is -2.16. The Balaban J connectivity index is 1.78. The highest BCUT2D eigenvalue weighted by atomic mass is 19.1. The maximum absolute atomic E-state index is 14.1. The van der Waals surface area contributed by atoms with Crippen LogP contribution in [0, 0.1) is 6.92 Å². The fraction of sp³-hybridized carbons (Fsp3) is 0.400. The number of aryl methyl sites for hydroxylation is 1. The van der Waals surface area contributed by atoms with Gasteiger partial charge in [0.25, 0.3) is 5.91 Å². The molecule has 4 atom stereocenters. The zero-order chi connectivity index (χ0) is 18.8. The lowest BCUT2D eigenvalue weighted by Crippen LogP contribution is -2.33. The Kier molecular flexibility index (Phi) is 5.02. The van der Waals surface area contributed by atoms with E-state index in [1.165, 1.54) is 24.5 Å². The first kappa shape index (κ1) is 18.0. The van der Waals surface area contributed by atoms with Crippen molar-refractivity contribution >= 4 is 11.7 Å². The summed E-state index contributed by atoms with van der Waals surface area (Å²) in [5.74, 6) is -0.234. The van der Waals surface area contributed by atoms with Crippen molar-refractivity contribution in [3.63, 3.8) is 0 Å². The second-order valence-electron chi connectivity index (χ2n) is 5.63. The summed E-state index contributed by atoms with van der Waals surface area (Å²) in [5, 5.41) is 21.1. The van der Waals surface area contributed by atoms with Crippen molar-refractivity contribution in [2.24, 2.45) is 0 Å². The molecule has 3 heterocycles. The van der Waals surface area contributed by atoms with Gasteiger partial charge >= 0.3 is 5.69 Å². The van der Waals surface area contributed by atoms with E-state index in [2.05, 4.69) is 20.3 Å². The van der Waals surface area contributed by atoms with Gasteiger partial charge in [0.15, 0.2) is 12.4 Å². The normalized spacial score (nSPS) is 25.2. The van der Waals surface area contributed by atoms with Gasteiger partial charge in [0.1, 0.15) is 29.5 Å². The average Bonchev–Trinajstić information content (AvgIpc) is 2.90. The van der Waals surface area contributed by atoms with Crippen molar-refractivity contribution in [3.05, 3.63) is 46.5 Å². The minimum absolute atomic E-state index is 0.0554. The Morgan fingerprint density at radius 1 is 1.42 bits per heavy atom. The first-order valence-electron chi connectivity index (χ1n) is 7.69. The number of halogens is 1. The fourth-order valence-electron chi connectivity index (χ4n) is 2.52. The fourth-order valence-corrected chi connectivity index (χ4v) is 2.52. The monoisotopic (exact) mass is 365 g/mol. The Bertz CT molecular complexity index is 876. The number of carbonyl (C=O) groups excluding carboxylic acids is 1. The summed E-state index contributed by atoms with van der Waals surface area (Å²) in [5.41, 5.74) is -0.791. The summed E-state index contributed by atoms with van der Waals surface area (Å²) in [7, 11) is 0. The lowest BCUT2D eigenvalue weighted by atomic mass is 10.1. The van der Waals surface area contributed by atoms with E-state index in [4.69, 9.17) is 9.84 Å². The highest BCUT2D eigenvalue weighted by Gasteiger charge is 2.45. The number of aliphatic hydroxyl groups excluding tert-OH is 2. The first-order valence-corrected chi connectivity index (χ1v) is 7.69. The molecular weight excluding hydrogens is 349 g/mol. The van der Waals surface area contributed by atoms with E-state index in [1.807, 2.05) is 0 Å². The van der Waals surface area contributed by atoms with E-state index < -0.39 is 42.8 Å². The zero-order valence-electron chi connectivity index (χ0n) is 13.6. The highest BCUT2D eigenvalue weighted by molar-refractivity contribution is 6.02. The number of hydrogen-bond donors (Lipinski definition) is 3. The quantitative estimate of drug-likeness (QED) is 0.639. The van der Waals surface area contributed by atoms with Gasteiger partial charge < -0.3 is 20.3 Å². The molecule has 10 nitrogen and oxygen atoms in total. The molecule has 138 valence electrons. The third kappa shape index (κ3) is 3.45. The minimum Gasteiger partial charge on any atom is -0.394 e. The van der Waals surface area contributed by atoms with Gasteiger partial charge in [-0.1, -0.05) is 0 Å². The van der Waals surface area contributed by atoms with Crippen LogP contribution in [0.15, 0.2) is 29.3 Å². The third-order valence-corrected chi connectivity index (χ3v) is 3.83. The average molecular weight is 365 g/mol. The predicted octanol–water partition coefficient (Wildman–Crippen LogP) is -0.817. The number of alkyl halides is 1. The number of carbonyl (C=O) groups is 1. The van der Waals surface area contributed by atoms with Gasteiger partial charge in [0.05, 0.1) is 6.61 Å². The van der Waals surface area contributed by atoms with Crippen molar-refractivity contribution in [2.75, 3.05) is 11.9 Å². The van der Waals surface area contributed by atoms with Crippen LogP contribution in [0.2, 0.25) is 0 Å². The van der Waals surface area contributed by atoms with Gasteiger partial charge in [-0.2, -0.15) is 4.98 Å². The number of anilines is 1. The number of ether oxygens (including phenoxy) is 1. The molecule has 2 aromatic heterocycles. The van der Waals surface area contributed by atoms with Crippen LogP contribution in [0.25, 0.3) is 0 Å². The zero-order valence-corrected chi connectivity index (χ0v) is 13.6. The number of hydrogen-bond acceptors (Lipinski definition) is 8. The SMILES string of the molecule is Cc1nccc(C(=O)Nc2ccn([C@H]3O[C@H](CO)[C@@H](O)[C@H]3F)c(=O)n2)n1. The van der Waals surface area contributed by atoms with Crippen LogP contribution in [-0.2, 0) is 4.74 Å². The molecule has 1 amide bonds. The van der Waals surface area contributed by atoms with Gasteiger partial charge in [-0.25, -0.2) is 19.2 Å². The van der Waals surface area contributed by atoms with Crippen molar-refractivity contribution < 1.29 is 24.1 Å². The molecule has 0 aromatic carbocycles. The summed E-state index contributed by atoms with van der Waals surface area (Å²) >= 11 is 0. The van der Waals surface area contributed by atoms with Gasteiger partial charge in [0.2, 0.25) is 0 Å². The molecule has 11 heteroatoms. The van der Waals surface area contributed by atoms with Gasteiger partial charge in [-0.3, -0.25) is 9.36 Å². The van der Waals surface area contributed by atoms with Gasteiger partial charge in [0, 0.05) is 12.4 Å². The summed E-state index contributed by atoms with van der Waals surface area (Å²) in [6, 6.07) is 2.68. The van der Waals surface area contributed by atoms with Crippen molar-refractivity contribution in [1.29, 1.82) is 0 Å². The molecule has 0 radical (unpaired) electrons. The topological polar surface area (TPSA) is 139 Å². The second-order valence-corrected chi connectivity index (χ2v) is 5.63. The smallest absolute Gasteiger partial charge is 0.351 e. The van der Waals surface area contributed by atoms with Crippen molar-refractivity contribution in [2.45, 2.75) is 31.5 Å². The summed E-state index contributed by atoms with van der Waals surface area (Å²) in [6.07, 6.45) is -3.42. The van der Waals surface area contributed by atoms with E-state index in [0.29, 0.717) is 5.82 Å². The first-order chi connectivity index (χ1) is 12.4. The number of nitrogens with one attached hydrogen (secondary N) is 1. The number of aromatic nitrogens is 4. The maximum Gasteiger partial charge on any atom is 0.351 e. The third-order valence-electron chi connectivity index (χ3n) is 3.83. The maximum atomic E-state index is 14.1.